The van der Waals surface area contributed by atoms with Gasteiger partial charge in [0.15, 0.2) is 0 Å². The molecule has 1 heterocycles. The largest absolute Gasteiger partial charge is 0.284 e. The fraction of sp³-hybridized carbons (Fsp3) is 0.875. The Balaban J connectivity index is 2.65. The van der Waals surface area contributed by atoms with Crippen molar-refractivity contribution in [2.24, 2.45) is 5.92 Å². The first-order chi connectivity index (χ1) is 6.02. The van der Waals surface area contributed by atoms with E-state index in [9.17, 15) is 4.79 Å². The van der Waals surface area contributed by atoms with Crippen LogP contribution in [-0.4, -0.2) is 24.9 Å². The highest BCUT2D eigenvalue weighted by Gasteiger charge is 2.29. The summed E-state index contributed by atoms with van der Waals surface area (Å²) in [5.74, 6) is 0.711. The number of hydrogen-bond acceptors (Lipinski definition) is 1. The topological polar surface area (TPSA) is 20.3 Å². The molecule has 1 aliphatic rings. The molecule has 1 fully saturated rings. The zero-order valence-corrected chi connectivity index (χ0v) is 12.4. The lowest BCUT2D eigenvalue weighted by atomic mass is 9.98. The summed E-state index contributed by atoms with van der Waals surface area (Å²) < 4.78 is 1.83. The Morgan fingerprint density at radius 1 is 1.62 bits per heavy atom. The number of carbonyl (C=O) groups is 1. The molecule has 1 amide bonds. The molecule has 3 unspecified atom stereocenters. The lowest BCUT2D eigenvalue weighted by Crippen LogP contribution is -2.36. The van der Waals surface area contributed by atoms with Crippen LogP contribution in [0.15, 0.2) is 0 Å². The summed E-state index contributed by atoms with van der Waals surface area (Å²) in [6.07, 6.45) is 1.80. The summed E-state index contributed by atoms with van der Waals surface area (Å²) in [5.41, 5.74) is 0. The van der Waals surface area contributed by atoms with Crippen molar-refractivity contribution in [3.8, 4) is 0 Å². The van der Waals surface area contributed by atoms with Gasteiger partial charge in [0.1, 0.15) is 0 Å². The summed E-state index contributed by atoms with van der Waals surface area (Å²) >= 11 is 10.5. The lowest BCUT2D eigenvalue weighted by molar-refractivity contribution is -0.124. The van der Waals surface area contributed by atoms with E-state index in [2.05, 4.69) is 52.4 Å². The van der Waals surface area contributed by atoms with Gasteiger partial charge in [0.25, 0.3) is 0 Å². The minimum atomic E-state index is 0.0414. The normalized spacial score (nSPS) is 37.1. The molecule has 0 spiro atoms. The summed E-state index contributed by atoms with van der Waals surface area (Å²) in [4.78, 5) is 11.6. The maximum absolute atomic E-state index is 11.6. The van der Waals surface area contributed by atoms with Crippen molar-refractivity contribution in [2.75, 3.05) is 6.54 Å². The quantitative estimate of drug-likeness (QED) is 0.331. The highest BCUT2D eigenvalue weighted by molar-refractivity contribution is 14.1. The highest BCUT2D eigenvalue weighted by atomic mass is 127. The predicted octanol–water partition coefficient (Wildman–Crippen LogP) is 3.01. The standard InChI is InChI=1S/C8H12ClI2NO/c1-5-2-3-12(11)8(13)7(10)4-6(5)9/h5-7H,2-4H2,1H3. The summed E-state index contributed by atoms with van der Waals surface area (Å²) in [7, 11) is 0. The lowest BCUT2D eigenvalue weighted by Gasteiger charge is -2.27. The Hall–Kier alpha value is 1.22. The van der Waals surface area contributed by atoms with Crippen LogP contribution in [0.25, 0.3) is 0 Å². The molecule has 5 heteroatoms. The summed E-state index contributed by atoms with van der Waals surface area (Å²) in [5, 5.41) is 0.149. The fourth-order valence-electron chi connectivity index (χ4n) is 1.29. The fourth-order valence-corrected chi connectivity index (χ4v) is 3.93. The zero-order chi connectivity index (χ0) is 10.0. The summed E-state index contributed by atoms with van der Waals surface area (Å²) in [6, 6.07) is 0. The van der Waals surface area contributed by atoms with Crippen molar-refractivity contribution in [3.63, 3.8) is 0 Å². The maximum Gasteiger partial charge on any atom is 0.244 e. The Morgan fingerprint density at radius 3 is 2.85 bits per heavy atom. The molecule has 1 aliphatic heterocycles. The molecule has 0 saturated carbocycles. The van der Waals surface area contributed by atoms with Gasteiger partial charge in [-0.25, -0.2) is 0 Å². The number of halogens is 3. The van der Waals surface area contributed by atoms with Gasteiger partial charge in [-0.3, -0.25) is 7.91 Å². The van der Waals surface area contributed by atoms with Crippen molar-refractivity contribution < 1.29 is 4.79 Å². The zero-order valence-electron chi connectivity index (χ0n) is 7.34. The molecule has 1 rings (SSSR count). The second-order valence-corrected chi connectivity index (χ2v) is 6.64. The van der Waals surface area contributed by atoms with Gasteiger partial charge in [-0.05, 0) is 18.8 Å². The van der Waals surface area contributed by atoms with Crippen LogP contribution in [0.1, 0.15) is 19.8 Å². The van der Waals surface area contributed by atoms with Gasteiger partial charge < -0.3 is 0 Å². The van der Waals surface area contributed by atoms with E-state index >= 15 is 0 Å². The van der Waals surface area contributed by atoms with E-state index in [1.165, 1.54) is 0 Å². The molecule has 0 N–H and O–H groups in total. The molecule has 0 bridgehead atoms. The van der Waals surface area contributed by atoms with Gasteiger partial charge >= 0.3 is 0 Å². The first-order valence-corrected chi connectivity index (χ1v) is 6.92. The second kappa shape index (κ2) is 5.34. The summed E-state index contributed by atoms with van der Waals surface area (Å²) in [6.45, 7) is 2.98. The van der Waals surface area contributed by atoms with E-state index in [0.717, 1.165) is 19.4 Å². The van der Waals surface area contributed by atoms with Crippen LogP contribution in [0.5, 0.6) is 0 Å². The number of alkyl halides is 2. The van der Waals surface area contributed by atoms with E-state index < -0.39 is 0 Å². The highest BCUT2D eigenvalue weighted by Crippen LogP contribution is 2.27. The van der Waals surface area contributed by atoms with Crippen LogP contribution >= 0.6 is 57.1 Å². The third-order valence-corrected chi connectivity index (χ3v) is 4.94. The molecule has 0 aliphatic carbocycles. The average Bonchev–Trinajstić information content (AvgIpc) is 2.10. The molecule has 0 aromatic rings. The van der Waals surface area contributed by atoms with E-state index in [-0.39, 0.29) is 15.2 Å². The van der Waals surface area contributed by atoms with Crippen LogP contribution in [0, 0.1) is 5.92 Å². The third-order valence-electron chi connectivity index (χ3n) is 2.34. The van der Waals surface area contributed by atoms with Crippen LogP contribution in [0.2, 0.25) is 0 Å². The van der Waals surface area contributed by atoms with Crippen LogP contribution < -0.4 is 0 Å². The molecule has 1 saturated heterocycles. The van der Waals surface area contributed by atoms with Gasteiger partial charge in [0.05, 0.1) is 26.8 Å². The van der Waals surface area contributed by atoms with E-state index in [4.69, 9.17) is 11.6 Å². The van der Waals surface area contributed by atoms with Crippen LogP contribution in [-0.2, 0) is 4.79 Å². The smallest absolute Gasteiger partial charge is 0.244 e. The van der Waals surface area contributed by atoms with Crippen LogP contribution in [0.4, 0.5) is 0 Å². The number of hydrogen-bond donors (Lipinski definition) is 0. The van der Waals surface area contributed by atoms with Crippen molar-refractivity contribution in [1.29, 1.82) is 0 Å². The Labute approximate surface area is 111 Å². The molecule has 2 nitrogen and oxygen atoms in total. The first kappa shape index (κ1) is 12.3. The number of amides is 1. The van der Waals surface area contributed by atoms with Gasteiger partial charge in [0, 0.05) is 11.9 Å². The van der Waals surface area contributed by atoms with E-state index in [1.807, 2.05) is 0 Å². The van der Waals surface area contributed by atoms with Crippen LogP contribution in [0.3, 0.4) is 0 Å². The van der Waals surface area contributed by atoms with E-state index in [1.54, 1.807) is 3.11 Å². The van der Waals surface area contributed by atoms with Gasteiger partial charge in [-0.1, -0.05) is 29.5 Å². The maximum atomic E-state index is 11.6. The van der Waals surface area contributed by atoms with Crippen molar-refractivity contribution in [2.45, 2.75) is 29.1 Å². The number of rotatable bonds is 0. The minimum absolute atomic E-state index is 0.0414. The average molecular weight is 427 g/mol. The van der Waals surface area contributed by atoms with E-state index in [0.29, 0.717) is 5.92 Å². The molecule has 0 radical (unpaired) electrons. The van der Waals surface area contributed by atoms with Gasteiger partial charge in [0.2, 0.25) is 5.91 Å². The molecular formula is C8H12ClI2NO. The second-order valence-electron chi connectivity index (χ2n) is 3.41. The van der Waals surface area contributed by atoms with Gasteiger partial charge in [-0.15, -0.1) is 11.6 Å². The number of nitrogens with zero attached hydrogens (tertiary/aromatic N) is 1. The minimum Gasteiger partial charge on any atom is -0.284 e. The molecule has 0 aromatic heterocycles. The molecule has 13 heavy (non-hydrogen) atoms. The Kier molecular flexibility index (Phi) is 5.05. The SMILES string of the molecule is CC1CCN(I)C(=O)C(I)CC1Cl. The van der Waals surface area contributed by atoms with Crippen molar-refractivity contribution >= 4 is 63.0 Å². The van der Waals surface area contributed by atoms with Crippen molar-refractivity contribution in [1.82, 2.24) is 3.11 Å². The predicted molar refractivity (Wildman–Crippen MR) is 71.6 cm³/mol. The Bertz CT molecular complexity index is 203. The first-order valence-electron chi connectivity index (χ1n) is 4.27. The molecular weight excluding hydrogens is 415 g/mol. The molecule has 3 atom stereocenters. The van der Waals surface area contributed by atoms with Gasteiger partial charge in [-0.2, -0.15) is 0 Å². The number of carbonyl (C=O) groups excluding carboxylic acids is 1. The Morgan fingerprint density at radius 2 is 2.23 bits per heavy atom. The molecule has 76 valence electrons. The molecule has 0 aromatic carbocycles. The van der Waals surface area contributed by atoms with Crippen molar-refractivity contribution in [3.05, 3.63) is 0 Å². The monoisotopic (exact) mass is 427 g/mol. The third kappa shape index (κ3) is 3.37.